The summed E-state index contributed by atoms with van der Waals surface area (Å²) >= 11 is 0. The van der Waals surface area contributed by atoms with Crippen molar-refractivity contribution in [3.63, 3.8) is 0 Å². The molecule has 20 heavy (non-hydrogen) atoms. The number of aliphatic carboxylic acids is 1. The molecule has 8 nitrogen and oxygen atoms in total. The van der Waals surface area contributed by atoms with Crippen LogP contribution in [-0.2, 0) is 11.3 Å². The van der Waals surface area contributed by atoms with Crippen LogP contribution in [0.25, 0.3) is 0 Å². The lowest BCUT2D eigenvalue weighted by Gasteiger charge is -2.09. The molecule has 0 aliphatic heterocycles. The predicted octanol–water partition coefficient (Wildman–Crippen LogP) is 0.431. The standard InChI is InChI=1S/C12H21N5O3/c1-16(2)6-4-3-5-13-12(20)15-10-7-14-17(8-10)9-11(18)19/h7-8H,3-6,9H2,1-2H3,(H,18,19)(H2,13,15,20). The third kappa shape index (κ3) is 6.74. The van der Waals surface area contributed by atoms with Gasteiger partial charge in [-0.05, 0) is 33.5 Å². The molecule has 0 unspecified atom stereocenters. The van der Waals surface area contributed by atoms with Crippen LogP contribution in [0.1, 0.15) is 12.8 Å². The van der Waals surface area contributed by atoms with Crippen molar-refractivity contribution in [1.82, 2.24) is 20.0 Å². The number of unbranched alkanes of at least 4 members (excludes halogenated alkanes) is 1. The Balaban J connectivity index is 2.21. The number of carbonyl (C=O) groups excluding carboxylic acids is 1. The van der Waals surface area contributed by atoms with Gasteiger partial charge in [0.15, 0.2) is 0 Å². The Kier molecular flexibility index (Phi) is 6.51. The van der Waals surface area contributed by atoms with E-state index in [1.165, 1.54) is 17.1 Å². The summed E-state index contributed by atoms with van der Waals surface area (Å²) in [7, 11) is 4.02. The van der Waals surface area contributed by atoms with Gasteiger partial charge in [0, 0.05) is 12.7 Å². The molecule has 0 spiro atoms. The van der Waals surface area contributed by atoms with Crippen molar-refractivity contribution in [2.45, 2.75) is 19.4 Å². The molecule has 1 aromatic heterocycles. The highest BCUT2D eigenvalue weighted by Crippen LogP contribution is 2.04. The van der Waals surface area contributed by atoms with Crippen LogP contribution in [0, 0.1) is 0 Å². The maximum absolute atomic E-state index is 11.6. The monoisotopic (exact) mass is 283 g/mol. The molecular formula is C12H21N5O3. The summed E-state index contributed by atoms with van der Waals surface area (Å²) < 4.78 is 1.25. The third-order valence-corrected chi connectivity index (χ3v) is 2.51. The summed E-state index contributed by atoms with van der Waals surface area (Å²) in [5.41, 5.74) is 0.469. The van der Waals surface area contributed by atoms with Gasteiger partial charge in [-0.15, -0.1) is 0 Å². The van der Waals surface area contributed by atoms with E-state index in [4.69, 9.17) is 5.11 Å². The first-order valence-electron chi connectivity index (χ1n) is 6.41. The molecule has 1 rings (SSSR count). The maximum atomic E-state index is 11.6. The molecule has 0 saturated heterocycles. The highest BCUT2D eigenvalue weighted by atomic mass is 16.4. The van der Waals surface area contributed by atoms with Gasteiger partial charge in [-0.3, -0.25) is 9.48 Å². The number of carbonyl (C=O) groups is 2. The number of carboxylic acid groups (broad SMARTS) is 1. The van der Waals surface area contributed by atoms with Crippen molar-refractivity contribution < 1.29 is 14.7 Å². The van der Waals surface area contributed by atoms with E-state index >= 15 is 0 Å². The first-order valence-corrected chi connectivity index (χ1v) is 6.41. The average molecular weight is 283 g/mol. The number of rotatable bonds is 8. The molecule has 3 N–H and O–H groups in total. The summed E-state index contributed by atoms with van der Waals surface area (Å²) in [5, 5.41) is 17.8. The molecule has 8 heteroatoms. The van der Waals surface area contributed by atoms with Crippen molar-refractivity contribution in [2.24, 2.45) is 0 Å². The fourth-order valence-electron chi connectivity index (χ4n) is 1.58. The Bertz CT molecular complexity index is 444. The molecular weight excluding hydrogens is 262 g/mol. The number of urea groups is 1. The molecule has 2 amide bonds. The second-order valence-electron chi connectivity index (χ2n) is 4.71. The Hall–Kier alpha value is -2.09. The van der Waals surface area contributed by atoms with E-state index in [1.807, 2.05) is 14.1 Å². The van der Waals surface area contributed by atoms with Crippen LogP contribution in [0.2, 0.25) is 0 Å². The Morgan fingerprint density at radius 1 is 1.40 bits per heavy atom. The van der Waals surface area contributed by atoms with E-state index in [0.717, 1.165) is 19.4 Å². The van der Waals surface area contributed by atoms with Gasteiger partial charge in [-0.2, -0.15) is 5.10 Å². The minimum Gasteiger partial charge on any atom is -0.480 e. The number of hydrogen-bond donors (Lipinski definition) is 3. The number of anilines is 1. The molecule has 112 valence electrons. The van der Waals surface area contributed by atoms with Gasteiger partial charge in [0.25, 0.3) is 0 Å². The Labute approximate surface area is 117 Å². The lowest BCUT2D eigenvalue weighted by Crippen LogP contribution is -2.29. The van der Waals surface area contributed by atoms with E-state index in [2.05, 4.69) is 20.6 Å². The van der Waals surface area contributed by atoms with E-state index in [-0.39, 0.29) is 12.6 Å². The number of amides is 2. The molecule has 0 aliphatic rings. The summed E-state index contributed by atoms with van der Waals surface area (Å²) in [4.78, 5) is 24.1. The molecule has 0 bridgehead atoms. The predicted molar refractivity (Wildman–Crippen MR) is 74.7 cm³/mol. The van der Waals surface area contributed by atoms with Gasteiger partial charge in [-0.1, -0.05) is 0 Å². The maximum Gasteiger partial charge on any atom is 0.325 e. The summed E-state index contributed by atoms with van der Waals surface area (Å²) in [6.45, 7) is 1.36. The second-order valence-corrected chi connectivity index (χ2v) is 4.71. The lowest BCUT2D eigenvalue weighted by molar-refractivity contribution is -0.137. The van der Waals surface area contributed by atoms with Crippen LogP contribution in [0.15, 0.2) is 12.4 Å². The number of nitrogens with zero attached hydrogens (tertiary/aromatic N) is 3. The topological polar surface area (TPSA) is 99.5 Å². The van der Waals surface area contributed by atoms with Crippen LogP contribution in [0.4, 0.5) is 10.5 Å². The quantitative estimate of drug-likeness (QED) is 0.601. The normalized spacial score (nSPS) is 10.6. The van der Waals surface area contributed by atoms with E-state index in [9.17, 15) is 9.59 Å². The van der Waals surface area contributed by atoms with Crippen LogP contribution in [0.3, 0.4) is 0 Å². The van der Waals surface area contributed by atoms with Crippen molar-refractivity contribution in [3.05, 3.63) is 12.4 Å². The first kappa shape index (κ1) is 16.0. The van der Waals surface area contributed by atoms with Gasteiger partial charge in [0.2, 0.25) is 0 Å². The number of nitrogens with one attached hydrogen (secondary N) is 2. The molecule has 0 aromatic carbocycles. The van der Waals surface area contributed by atoms with E-state index < -0.39 is 5.97 Å². The molecule has 1 aromatic rings. The molecule has 0 aliphatic carbocycles. The molecule has 1 heterocycles. The fraction of sp³-hybridized carbons (Fsp3) is 0.583. The van der Waals surface area contributed by atoms with E-state index in [0.29, 0.717) is 12.2 Å². The second kappa shape index (κ2) is 8.16. The van der Waals surface area contributed by atoms with Crippen molar-refractivity contribution >= 4 is 17.7 Å². The zero-order valence-electron chi connectivity index (χ0n) is 11.8. The molecule has 0 atom stereocenters. The lowest BCUT2D eigenvalue weighted by atomic mass is 10.3. The fourth-order valence-corrected chi connectivity index (χ4v) is 1.58. The zero-order chi connectivity index (χ0) is 15.0. The minimum absolute atomic E-state index is 0.228. The average Bonchev–Trinajstić information content (AvgIpc) is 2.74. The Morgan fingerprint density at radius 2 is 2.15 bits per heavy atom. The molecule has 0 fully saturated rings. The first-order chi connectivity index (χ1) is 9.47. The van der Waals surface area contributed by atoms with Crippen molar-refractivity contribution in [3.8, 4) is 0 Å². The van der Waals surface area contributed by atoms with Gasteiger partial charge >= 0.3 is 12.0 Å². The van der Waals surface area contributed by atoms with Crippen LogP contribution >= 0.6 is 0 Å². The zero-order valence-corrected chi connectivity index (χ0v) is 11.8. The Morgan fingerprint density at radius 3 is 2.80 bits per heavy atom. The molecule has 0 radical (unpaired) electrons. The number of hydrogen-bond acceptors (Lipinski definition) is 4. The number of aromatic nitrogens is 2. The summed E-state index contributed by atoms with van der Waals surface area (Å²) in [5.74, 6) is -0.981. The van der Waals surface area contributed by atoms with Crippen molar-refractivity contribution in [2.75, 3.05) is 32.5 Å². The molecule has 0 saturated carbocycles. The summed E-state index contributed by atoms with van der Waals surface area (Å²) in [6.07, 6.45) is 4.81. The third-order valence-electron chi connectivity index (χ3n) is 2.51. The van der Waals surface area contributed by atoms with Crippen molar-refractivity contribution in [1.29, 1.82) is 0 Å². The van der Waals surface area contributed by atoms with Crippen LogP contribution < -0.4 is 10.6 Å². The highest BCUT2D eigenvalue weighted by molar-refractivity contribution is 5.88. The van der Waals surface area contributed by atoms with Gasteiger partial charge in [0.1, 0.15) is 6.54 Å². The largest absolute Gasteiger partial charge is 0.480 e. The van der Waals surface area contributed by atoms with Gasteiger partial charge < -0.3 is 20.6 Å². The number of carboxylic acids is 1. The summed E-state index contributed by atoms with van der Waals surface area (Å²) in [6, 6.07) is -0.315. The van der Waals surface area contributed by atoms with Crippen LogP contribution in [-0.4, -0.2) is 59.0 Å². The smallest absolute Gasteiger partial charge is 0.325 e. The van der Waals surface area contributed by atoms with Gasteiger partial charge in [0.05, 0.1) is 11.9 Å². The van der Waals surface area contributed by atoms with Crippen LogP contribution in [0.5, 0.6) is 0 Å². The van der Waals surface area contributed by atoms with E-state index in [1.54, 1.807) is 0 Å². The SMILES string of the molecule is CN(C)CCCCNC(=O)Nc1cnn(CC(=O)O)c1. The highest BCUT2D eigenvalue weighted by Gasteiger charge is 2.05. The minimum atomic E-state index is -0.981. The van der Waals surface area contributed by atoms with Gasteiger partial charge in [-0.25, -0.2) is 4.79 Å².